The first-order valence-electron chi connectivity index (χ1n) is 12.8. The summed E-state index contributed by atoms with van der Waals surface area (Å²) in [6.07, 6.45) is 7.65. The summed E-state index contributed by atoms with van der Waals surface area (Å²) in [6, 6.07) is 10.3. The molecule has 3 heterocycles. The van der Waals surface area contributed by atoms with E-state index >= 15 is 0 Å². The fraction of sp³-hybridized carbons (Fsp3) is 0.387. The first-order valence-corrected chi connectivity index (χ1v) is 12.8. The second-order valence-electron chi connectivity index (χ2n) is 9.26. The molecule has 1 aromatic carbocycles. The number of pyridine rings is 1. The van der Waals surface area contributed by atoms with Gasteiger partial charge in [0.15, 0.2) is 11.4 Å². The zero-order valence-electron chi connectivity index (χ0n) is 22.3. The summed E-state index contributed by atoms with van der Waals surface area (Å²) in [5.41, 5.74) is 5.82. The number of unbranched alkanes of at least 4 members (excludes halogenated alkanes) is 1. The predicted octanol–water partition coefficient (Wildman–Crippen LogP) is 6.94. The van der Waals surface area contributed by atoms with Crippen LogP contribution in [0.4, 0.5) is 0 Å². The van der Waals surface area contributed by atoms with Crippen molar-refractivity contribution in [2.24, 2.45) is 0 Å². The van der Waals surface area contributed by atoms with Crippen molar-refractivity contribution in [1.82, 2.24) is 9.88 Å². The minimum Gasteiger partial charge on any atom is -0.365 e. The van der Waals surface area contributed by atoms with Gasteiger partial charge in [-0.2, -0.15) is 0 Å². The molecule has 0 saturated carbocycles. The summed E-state index contributed by atoms with van der Waals surface area (Å²) in [5.74, 6) is 0.174. The lowest BCUT2D eigenvalue weighted by molar-refractivity contribution is -0.131. The molecular formula is C31H38N2O3. The van der Waals surface area contributed by atoms with E-state index < -0.39 is 5.60 Å². The minimum absolute atomic E-state index is 0.133. The van der Waals surface area contributed by atoms with Crippen molar-refractivity contribution < 1.29 is 14.3 Å². The number of allylic oxidation sites excluding steroid dienone is 1. The first kappa shape index (κ1) is 27.3. The topological polar surface area (TPSA) is 59.5 Å². The van der Waals surface area contributed by atoms with Gasteiger partial charge in [0.2, 0.25) is 0 Å². The van der Waals surface area contributed by atoms with Crippen molar-refractivity contribution in [2.45, 2.75) is 71.9 Å². The van der Waals surface area contributed by atoms with Gasteiger partial charge in [-0.1, -0.05) is 58.5 Å². The van der Waals surface area contributed by atoms with Crippen molar-refractivity contribution in [3.05, 3.63) is 83.7 Å². The number of rotatable bonds is 9. The Labute approximate surface area is 215 Å². The molecule has 36 heavy (non-hydrogen) atoms. The van der Waals surface area contributed by atoms with E-state index in [1.165, 1.54) is 11.6 Å². The molecule has 0 fully saturated rings. The molecule has 0 spiro atoms. The van der Waals surface area contributed by atoms with Gasteiger partial charge in [-0.15, -0.1) is 0 Å². The average molecular weight is 487 g/mol. The molecule has 0 aliphatic carbocycles. The molecule has 4 rings (SSSR count). The average Bonchev–Trinajstić information content (AvgIpc) is 3.25. The Morgan fingerprint density at radius 2 is 1.94 bits per heavy atom. The van der Waals surface area contributed by atoms with Crippen molar-refractivity contribution >= 4 is 28.2 Å². The van der Waals surface area contributed by atoms with Crippen LogP contribution in [-0.2, 0) is 20.9 Å². The van der Waals surface area contributed by atoms with E-state index in [2.05, 4.69) is 50.1 Å². The maximum absolute atomic E-state index is 12.9. The van der Waals surface area contributed by atoms with Crippen LogP contribution in [0.1, 0.15) is 71.1 Å². The van der Waals surface area contributed by atoms with Gasteiger partial charge in [-0.05, 0) is 61.6 Å². The first-order chi connectivity index (χ1) is 17.3. The molecule has 2 aliphatic rings. The maximum Gasteiger partial charge on any atom is 0.191 e. The van der Waals surface area contributed by atoms with Crippen LogP contribution in [0.25, 0.3) is 16.6 Å². The van der Waals surface area contributed by atoms with E-state index in [1.54, 1.807) is 14.0 Å². The largest absolute Gasteiger partial charge is 0.365 e. The SMILES string of the molecule is C=CC(=O)C(CC)(OC)C1=C(CC)C(=C)N2Cc3cc4ccccc4nc3C2=C1.CCCCC(C)=O. The lowest BCUT2D eigenvalue weighted by atomic mass is 9.79. The highest BCUT2D eigenvalue weighted by Crippen LogP contribution is 2.46. The van der Waals surface area contributed by atoms with Gasteiger partial charge >= 0.3 is 0 Å². The number of ketones is 2. The van der Waals surface area contributed by atoms with Crippen LogP contribution >= 0.6 is 0 Å². The highest BCUT2D eigenvalue weighted by molar-refractivity contribution is 6.01. The van der Waals surface area contributed by atoms with E-state index in [4.69, 9.17) is 9.72 Å². The summed E-state index contributed by atoms with van der Waals surface area (Å²) < 4.78 is 5.86. The fourth-order valence-electron chi connectivity index (χ4n) is 5.01. The van der Waals surface area contributed by atoms with Crippen LogP contribution in [0.3, 0.4) is 0 Å². The molecule has 0 bridgehead atoms. The van der Waals surface area contributed by atoms with Gasteiger partial charge in [0.1, 0.15) is 5.78 Å². The molecule has 190 valence electrons. The smallest absolute Gasteiger partial charge is 0.191 e. The fourth-order valence-corrected chi connectivity index (χ4v) is 5.01. The molecule has 0 radical (unpaired) electrons. The van der Waals surface area contributed by atoms with E-state index in [0.717, 1.165) is 71.4 Å². The molecule has 2 aliphatic heterocycles. The molecule has 1 aromatic heterocycles. The minimum atomic E-state index is -1.06. The Bertz CT molecular complexity index is 1250. The second-order valence-corrected chi connectivity index (χ2v) is 9.26. The Balaban J connectivity index is 0.000000454. The van der Waals surface area contributed by atoms with Gasteiger partial charge in [0.25, 0.3) is 0 Å². The standard InChI is InChI=1S/C25H26N2O2.C6H12O/c1-6-19-16(4)27-15-18-13-17-11-9-10-12-21(17)26-24(18)22(27)14-20(19)25(8-3,29-5)23(28)7-2;1-3-4-5-6(2)7/h7,9-14H,2,4,6,8,15H2,1,3,5H3;3-5H2,1-2H3. The molecular weight excluding hydrogens is 448 g/mol. The van der Waals surface area contributed by atoms with Crippen LogP contribution < -0.4 is 0 Å². The van der Waals surface area contributed by atoms with Crippen molar-refractivity contribution in [3.63, 3.8) is 0 Å². The molecule has 5 nitrogen and oxygen atoms in total. The van der Waals surface area contributed by atoms with Gasteiger partial charge in [0, 0.05) is 30.2 Å². The van der Waals surface area contributed by atoms with Gasteiger partial charge in [0.05, 0.1) is 23.5 Å². The number of benzene rings is 1. The number of hydrogen-bond acceptors (Lipinski definition) is 5. The normalized spacial score (nSPS) is 16.0. The van der Waals surface area contributed by atoms with E-state index in [9.17, 15) is 9.59 Å². The molecule has 1 unspecified atom stereocenters. The predicted molar refractivity (Wildman–Crippen MR) is 147 cm³/mol. The Morgan fingerprint density at radius 3 is 2.50 bits per heavy atom. The van der Waals surface area contributed by atoms with E-state index in [1.807, 2.05) is 25.1 Å². The number of nitrogens with zero attached hydrogens (tertiary/aromatic N) is 2. The third kappa shape index (κ3) is 4.98. The second kappa shape index (κ2) is 11.6. The summed E-state index contributed by atoms with van der Waals surface area (Å²) in [5, 5.41) is 1.13. The molecule has 1 atom stereocenters. The number of Topliss-reactive ketones (excluding diaryl/α,β-unsaturated/α-hetero) is 1. The Morgan fingerprint density at radius 1 is 1.22 bits per heavy atom. The van der Waals surface area contributed by atoms with Crippen LogP contribution in [0, 0.1) is 0 Å². The van der Waals surface area contributed by atoms with Gasteiger partial charge < -0.3 is 14.4 Å². The van der Waals surface area contributed by atoms with Crippen molar-refractivity contribution in [3.8, 4) is 0 Å². The zero-order chi connectivity index (χ0) is 26.5. The Kier molecular flexibility index (Phi) is 8.80. The van der Waals surface area contributed by atoms with Crippen LogP contribution in [0.5, 0.6) is 0 Å². The lowest BCUT2D eigenvalue weighted by Gasteiger charge is -2.38. The molecule has 2 aromatic rings. The molecule has 0 amide bonds. The summed E-state index contributed by atoms with van der Waals surface area (Å²) >= 11 is 0. The van der Waals surface area contributed by atoms with Gasteiger partial charge in [-0.25, -0.2) is 4.98 Å². The highest BCUT2D eigenvalue weighted by atomic mass is 16.5. The number of fused-ring (bicyclic) bond motifs is 4. The number of para-hydroxylation sites is 1. The third-order valence-corrected chi connectivity index (χ3v) is 7.05. The number of hydrogen-bond donors (Lipinski definition) is 0. The van der Waals surface area contributed by atoms with Crippen LogP contribution in [0.15, 0.2) is 72.5 Å². The van der Waals surface area contributed by atoms with Gasteiger partial charge in [-0.3, -0.25) is 4.79 Å². The number of carbonyl (C=O) groups excluding carboxylic acids is 2. The summed E-state index contributed by atoms with van der Waals surface area (Å²) in [6.45, 7) is 16.6. The maximum atomic E-state index is 12.9. The van der Waals surface area contributed by atoms with Crippen molar-refractivity contribution in [1.29, 1.82) is 0 Å². The number of methoxy groups -OCH3 is 1. The lowest BCUT2D eigenvalue weighted by Crippen LogP contribution is -2.43. The van der Waals surface area contributed by atoms with E-state index in [-0.39, 0.29) is 5.78 Å². The molecule has 5 heteroatoms. The van der Waals surface area contributed by atoms with E-state index in [0.29, 0.717) is 12.2 Å². The summed E-state index contributed by atoms with van der Waals surface area (Å²) in [4.78, 5) is 30.3. The molecule has 0 N–H and O–H groups in total. The third-order valence-electron chi connectivity index (χ3n) is 7.05. The van der Waals surface area contributed by atoms with Crippen molar-refractivity contribution in [2.75, 3.05) is 7.11 Å². The van der Waals surface area contributed by atoms with Crippen LogP contribution in [-0.4, -0.2) is 34.2 Å². The molecule has 0 saturated heterocycles. The zero-order valence-corrected chi connectivity index (χ0v) is 22.3. The van der Waals surface area contributed by atoms with Crippen LogP contribution in [0.2, 0.25) is 0 Å². The summed E-state index contributed by atoms with van der Waals surface area (Å²) in [7, 11) is 1.59. The quantitative estimate of drug-likeness (QED) is 0.359. The highest BCUT2D eigenvalue weighted by Gasteiger charge is 2.43. The monoisotopic (exact) mass is 486 g/mol. The number of carbonyl (C=O) groups is 2. The number of aromatic nitrogens is 1. The Hall–Kier alpha value is -3.31. The number of ether oxygens (including phenoxy) is 1.